The van der Waals surface area contributed by atoms with Crippen molar-refractivity contribution < 1.29 is 14.3 Å². The summed E-state index contributed by atoms with van der Waals surface area (Å²) in [5, 5.41) is 0. The predicted molar refractivity (Wildman–Crippen MR) is 83.0 cm³/mol. The molecule has 2 amide bonds. The van der Waals surface area contributed by atoms with Crippen molar-refractivity contribution in [1.29, 1.82) is 0 Å². The predicted octanol–water partition coefficient (Wildman–Crippen LogP) is 1.63. The van der Waals surface area contributed by atoms with Crippen LogP contribution in [0.2, 0.25) is 0 Å². The summed E-state index contributed by atoms with van der Waals surface area (Å²) in [7, 11) is 0. The highest BCUT2D eigenvalue weighted by Crippen LogP contribution is 2.15. The number of hydrogen-bond acceptors (Lipinski definition) is 4. The van der Waals surface area contributed by atoms with E-state index in [1.165, 1.54) is 4.90 Å². The number of nitrogens with zero attached hydrogens (tertiary/aromatic N) is 1. The maximum atomic E-state index is 11.8. The molecule has 0 radical (unpaired) electrons. The van der Waals surface area contributed by atoms with E-state index in [9.17, 15) is 9.59 Å². The van der Waals surface area contributed by atoms with Crippen molar-refractivity contribution in [2.24, 2.45) is 5.73 Å². The Morgan fingerprint density at radius 3 is 2.52 bits per heavy atom. The number of rotatable bonds is 5. The largest absolute Gasteiger partial charge is 0.492 e. The molecule has 0 unspecified atom stereocenters. The molecule has 21 heavy (non-hydrogen) atoms. The van der Waals surface area contributed by atoms with Crippen molar-refractivity contribution in [2.75, 3.05) is 13.2 Å². The molecule has 1 aliphatic rings. The van der Waals surface area contributed by atoms with Gasteiger partial charge in [-0.3, -0.25) is 14.5 Å². The van der Waals surface area contributed by atoms with Crippen molar-refractivity contribution in [3.63, 3.8) is 0 Å². The van der Waals surface area contributed by atoms with Gasteiger partial charge in [0.25, 0.3) is 0 Å². The fourth-order valence-electron chi connectivity index (χ4n) is 2.20. The molecule has 0 aliphatic carbocycles. The molecular weight excluding hydrogens is 288 g/mol. The van der Waals surface area contributed by atoms with E-state index in [4.69, 9.17) is 22.7 Å². The van der Waals surface area contributed by atoms with Gasteiger partial charge >= 0.3 is 0 Å². The van der Waals surface area contributed by atoms with E-state index in [0.29, 0.717) is 23.6 Å². The second kappa shape index (κ2) is 7.17. The summed E-state index contributed by atoms with van der Waals surface area (Å²) < 4.78 is 5.58. The molecule has 0 spiro atoms. The number of benzene rings is 1. The lowest BCUT2D eigenvalue weighted by Gasteiger charge is -2.18. The molecule has 1 heterocycles. The fraction of sp³-hybridized carbons (Fsp3) is 0.400. The summed E-state index contributed by atoms with van der Waals surface area (Å²) >= 11 is 4.91. The number of imide groups is 1. The molecule has 2 N–H and O–H groups in total. The first-order chi connectivity index (χ1) is 10.1. The Kier molecular flexibility index (Phi) is 5.27. The van der Waals surface area contributed by atoms with Crippen LogP contribution < -0.4 is 10.5 Å². The van der Waals surface area contributed by atoms with Crippen LogP contribution in [-0.4, -0.2) is 34.9 Å². The highest BCUT2D eigenvalue weighted by molar-refractivity contribution is 7.80. The van der Waals surface area contributed by atoms with Gasteiger partial charge in [0.15, 0.2) is 0 Å². The molecule has 5 nitrogen and oxygen atoms in total. The number of likely N-dealkylation sites (tertiary alicyclic amines) is 1. The van der Waals surface area contributed by atoms with Crippen LogP contribution in [0.5, 0.6) is 5.75 Å². The first kappa shape index (κ1) is 15.4. The number of hydrogen-bond donors (Lipinski definition) is 1. The van der Waals surface area contributed by atoms with Gasteiger partial charge in [0.2, 0.25) is 11.8 Å². The lowest BCUT2D eigenvalue weighted by atomic mass is 10.2. The molecule has 2 rings (SSSR count). The molecule has 0 saturated carbocycles. The molecule has 0 atom stereocenters. The number of thiocarbonyl (C=S) groups is 1. The van der Waals surface area contributed by atoms with Gasteiger partial charge in [0.05, 0.1) is 6.54 Å². The van der Waals surface area contributed by atoms with Crippen LogP contribution in [0, 0.1) is 0 Å². The summed E-state index contributed by atoms with van der Waals surface area (Å²) in [6.07, 6.45) is 2.42. The van der Waals surface area contributed by atoms with Crippen molar-refractivity contribution in [1.82, 2.24) is 4.90 Å². The van der Waals surface area contributed by atoms with Crippen LogP contribution in [0.15, 0.2) is 24.3 Å². The average molecular weight is 306 g/mol. The van der Waals surface area contributed by atoms with Crippen molar-refractivity contribution in [3.05, 3.63) is 29.8 Å². The zero-order valence-electron chi connectivity index (χ0n) is 11.7. The topological polar surface area (TPSA) is 72.6 Å². The zero-order valence-corrected chi connectivity index (χ0v) is 12.5. The molecule has 1 saturated heterocycles. The Labute approximate surface area is 129 Å². The average Bonchev–Trinajstić information content (AvgIpc) is 2.62. The highest BCUT2D eigenvalue weighted by Gasteiger charge is 2.23. The molecule has 0 aromatic heterocycles. The molecule has 0 bridgehead atoms. The van der Waals surface area contributed by atoms with E-state index in [1.807, 2.05) is 0 Å². The Morgan fingerprint density at radius 1 is 1.24 bits per heavy atom. The van der Waals surface area contributed by atoms with Crippen molar-refractivity contribution in [2.45, 2.75) is 25.7 Å². The molecule has 1 aliphatic heterocycles. The smallest absolute Gasteiger partial charge is 0.229 e. The van der Waals surface area contributed by atoms with Gasteiger partial charge < -0.3 is 10.5 Å². The summed E-state index contributed by atoms with van der Waals surface area (Å²) in [5.74, 6) is 0.394. The van der Waals surface area contributed by atoms with E-state index in [-0.39, 0.29) is 25.0 Å². The molecule has 1 aromatic rings. The van der Waals surface area contributed by atoms with E-state index < -0.39 is 0 Å². The van der Waals surface area contributed by atoms with Crippen LogP contribution in [0.3, 0.4) is 0 Å². The summed E-state index contributed by atoms with van der Waals surface area (Å²) in [6.45, 7) is 0.535. The SMILES string of the molecule is NC(=S)c1cccc(OCCN2C(=O)CCCCC2=O)c1. The third kappa shape index (κ3) is 4.26. The number of ether oxygens (including phenoxy) is 1. The lowest BCUT2D eigenvalue weighted by molar-refractivity contribution is -0.144. The first-order valence-corrected chi connectivity index (χ1v) is 7.34. The number of nitrogens with two attached hydrogens (primary N) is 1. The van der Waals surface area contributed by atoms with Crippen molar-refractivity contribution >= 4 is 29.0 Å². The van der Waals surface area contributed by atoms with E-state index in [0.717, 1.165) is 18.4 Å². The third-order valence-corrected chi connectivity index (χ3v) is 3.57. The molecular formula is C15H18N2O3S. The maximum Gasteiger partial charge on any atom is 0.229 e. The summed E-state index contributed by atoms with van der Waals surface area (Å²) in [4.78, 5) is 25.3. The lowest BCUT2D eigenvalue weighted by Crippen LogP contribution is -2.38. The monoisotopic (exact) mass is 306 g/mol. The Hall–Kier alpha value is -1.95. The fourth-order valence-corrected chi connectivity index (χ4v) is 2.33. The number of carbonyl (C=O) groups is 2. The van der Waals surface area contributed by atoms with E-state index in [1.54, 1.807) is 24.3 Å². The summed E-state index contributed by atoms with van der Waals surface area (Å²) in [6, 6.07) is 7.13. The zero-order chi connectivity index (χ0) is 15.2. The minimum Gasteiger partial charge on any atom is -0.492 e. The molecule has 1 aromatic carbocycles. The van der Waals surface area contributed by atoms with Gasteiger partial charge in [-0.15, -0.1) is 0 Å². The van der Waals surface area contributed by atoms with Gasteiger partial charge in [-0.25, -0.2) is 0 Å². The van der Waals surface area contributed by atoms with Gasteiger partial charge in [-0.2, -0.15) is 0 Å². The Bertz CT molecular complexity index is 542. The minimum absolute atomic E-state index is 0.113. The standard InChI is InChI=1S/C15H18N2O3S/c16-15(21)11-4-3-5-12(10-11)20-9-8-17-13(18)6-1-2-7-14(17)19/h3-5,10H,1-2,6-9H2,(H2,16,21). The van der Waals surface area contributed by atoms with Gasteiger partial charge in [-0.05, 0) is 25.0 Å². The van der Waals surface area contributed by atoms with Crippen LogP contribution in [0.25, 0.3) is 0 Å². The number of carbonyl (C=O) groups excluding carboxylic acids is 2. The summed E-state index contributed by atoms with van der Waals surface area (Å²) in [5.41, 5.74) is 6.29. The van der Waals surface area contributed by atoms with Crippen LogP contribution in [0.4, 0.5) is 0 Å². The maximum absolute atomic E-state index is 11.8. The van der Waals surface area contributed by atoms with Gasteiger partial charge in [-0.1, -0.05) is 24.4 Å². The molecule has 112 valence electrons. The second-order valence-electron chi connectivity index (χ2n) is 4.89. The normalized spacial score (nSPS) is 15.7. The van der Waals surface area contributed by atoms with Crippen LogP contribution in [-0.2, 0) is 9.59 Å². The Balaban J connectivity index is 1.91. The highest BCUT2D eigenvalue weighted by atomic mass is 32.1. The van der Waals surface area contributed by atoms with Gasteiger partial charge in [0, 0.05) is 18.4 Å². The second-order valence-corrected chi connectivity index (χ2v) is 5.33. The molecule has 1 fully saturated rings. The van der Waals surface area contributed by atoms with Crippen molar-refractivity contribution in [3.8, 4) is 5.75 Å². The minimum atomic E-state index is -0.113. The number of amides is 2. The van der Waals surface area contributed by atoms with E-state index in [2.05, 4.69) is 0 Å². The van der Waals surface area contributed by atoms with Gasteiger partial charge in [0.1, 0.15) is 17.3 Å². The quantitative estimate of drug-likeness (QED) is 0.661. The van der Waals surface area contributed by atoms with E-state index >= 15 is 0 Å². The third-order valence-electron chi connectivity index (χ3n) is 3.34. The van der Waals surface area contributed by atoms with Crippen LogP contribution in [0.1, 0.15) is 31.2 Å². The molecule has 6 heteroatoms. The Morgan fingerprint density at radius 2 is 1.90 bits per heavy atom. The van der Waals surface area contributed by atoms with Crippen LogP contribution >= 0.6 is 12.2 Å². The first-order valence-electron chi connectivity index (χ1n) is 6.94.